The van der Waals surface area contributed by atoms with Gasteiger partial charge in [0.1, 0.15) is 11.6 Å². The normalized spacial score (nSPS) is 11.5. The Balaban J connectivity index is 3.31. The zero-order valence-electron chi connectivity index (χ0n) is 9.37. The summed E-state index contributed by atoms with van der Waals surface area (Å²) in [6.45, 7) is 0.0792. The summed E-state index contributed by atoms with van der Waals surface area (Å²) in [5.74, 6) is -0.817. The van der Waals surface area contributed by atoms with E-state index in [0.717, 1.165) is 6.07 Å². The first kappa shape index (κ1) is 14.2. The Morgan fingerprint density at radius 1 is 1.35 bits per heavy atom. The molecule has 0 atom stereocenters. The predicted octanol–water partition coefficient (Wildman–Crippen LogP) is 2.05. The third kappa shape index (κ3) is 4.14. The summed E-state index contributed by atoms with van der Waals surface area (Å²) in [5, 5.41) is 0. The molecule has 0 amide bonds. The molecule has 4 nitrogen and oxygen atoms in total. The van der Waals surface area contributed by atoms with Crippen LogP contribution in [-0.4, -0.2) is 22.6 Å². The van der Waals surface area contributed by atoms with E-state index in [1.807, 2.05) is 0 Å². The van der Waals surface area contributed by atoms with Crippen LogP contribution in [0.1, 0.15) is 11.1 Å². The lowest BCUT2D eigenvalue weighted by molar-refractivity contribution is 0.183. The van der Waals surface area contributed by atoms with E-state index in [2.05, 4.69) is 0 Å². The van der Waals surface area contributed by atoms with Crippen LogP contribution in [0.15, 0.2) is 12.1 Å². The molecule has 0 saturated heterocycles. The number of hydrogen-bond donors (Lipinski definition) is 0. The summed E-state index contributed by atoms with van der Waals surface area (Å²) in [4.78, 5) is 0. The van der Waals surface area contributed by atoms with Gasteiger partial charge in [0.25, 0.3) is 0 Å². The second-order valence-electron chi connectivity index (χ2n) is 3.36. The Kier molecular flexibility index (Phi) is 4.73. The zero-order chi connectivity index (χ0) is 13.1. The third-order valence-electron chi connectivity index (χ3n) is 2.10. The van der Waals surface area contributed by atoms with E-state index in [1.54, 1.807) is 0 Å². The van der Waals surface area contributed by atoms with Crippen molar-refractivity contribution in [3.63, 3.8) is 0 Å². The molecule has 0 fully saturated rings. The Labute approximate surface area is 104 Å². The van der Waals surface area contributed by atoms with Crippen LogP contribution in [0.3, 0.4) is 0 Å². The average molecular weight is 283 g/mol. The van der Waals surface area contributed by atoms with Gasteiger partial charge >= 0.3 is 0 Å². The lowest BCUT2D eigenvalue weighted by atomic mass is 10.1. The van der Waals surface area contributed by atoms with Crippen molar-refractivity contribution < 1.29 is 22.3 Å². The molecule has 96 valence electrons. The fourth-order valence-electron chi connectivity index (χ4n) is 1.47. The number of methoxy groups -OCH3 is 2. The molecule has 7 heteroatoms. The molecular formula is C10H12ClFO4S. The first-order valence-corrected chi connectivity index (χ1v) is 7.11. The number of rotatable bonds is 5. The fourth-order valence-corrected chi connectivity index (χ4v) is 2.47. The van der Waals surface area contributed by atoms with Crippen LogP contribution in [0.5, 0.6) is 5.75 Å². The fraction of sp³-hybridized carbons (Fsp3) is 0.400. The quantitative estimate of drug-likeness (QED) is 0.776. The molecule has 1 rings (SSSR count). The molecule has 0 saturated carbocycles. The zero-order valence-corrected chi connectivity index (χ0v) is 10.9. The van der Waals surface area contributed by atoms with Crippen molar-refractivity contribution in [3.05, 3.63) is 29.1 Å². The summed E-state index contributed by atoms with van der Waals surface area (Å²) in [5.41, 5.74) is 0.708. The monoisotopic (exact) mass is 282 g/mol. The molecule has 0 heterocycles. The van der Waals surface area contributed by atoms with Gasteiger partial charge in [-0.25, -0.2) is 12.8 Å². The molecule has 0 N–H and O–H groups in total. The number of benzene rings is 1. The SMILES string of the molecule is COCc1cc(F)cc(OC)c1CS(=O)(=O)Cl. The lowest BCUT2D eigenvalue weighted by Gasteiger charge is -2.12. The lowest BCUT2D eigenvalue weighted by Crippen LogP contribution is -2.05. The van der Waals surface area contributed by atoms with Crippen LogP contribution in [0.25, 0.3) is 0 Å². The summed E-state index contributed by atoms with van der Waals surface area (Å²) in [6, 6.07) is 2.31. The van der Waals surface area contributed by atoms with Crippen LogP contribution in [-0.2, 0) is 26.1 Å². The largest absolute Gasteiger partial charge is 0.496 e. The summed E-state index contributed by atoms with van der Waals surface area (Å²) in [6.07, 6.45) is 0. The molecule has 0 spiro atoms. The topological polar surface area (TPSA) is 52.6 Å². The van der Waals surface area contributed by atoms with Crippen molar-refractivity contribution in [2.24, 2.45) is 0 Å². The Bertz CT molecular complexity index is 501. The van der Waals surface area contributed by atoms with Crippen LogP contribution in [0.2, 0.25) is 0 Å². The maximum atomic E-state index is 13.2. The van der Waals surface area contributed by atoms with E-state index in [4.69, 9.17) is 20.2 Å². The Morgan fingerprint density at radius 2 is 2.00 bits per heavy atom. The van der Waals surface area contributed by atoms with Crippen LogP contribution in [0.4, 0.5) is 4.39 Å². The Hall–Kier alpha value is -0.850. The van der Waals surface area contributed by atoms with E-state index in [0.29, 0.717) is 11.1 Å². The first-order valence-electron chi connectivity index (χ1n) is 4.64. The molecule has 17 heavy (non-hydrogen) atoms. The van der Waals surface area contributed by atoms with Gasteiger partial charge in [0.2, 0.25) is 9.05 Å². The van der Waals surface area contributed by atoms with Crippen LogP contribution >= 0.6 is 10.7 Å². The molecule has 0 aliphatic rings. The highest BCUT2D eigenvalue weighted by Gasteiger charge is 2.17. The maximum Gasteiger partial charge on any atom is 0.236 e. The molecule has 1 aromatic rings. The highest BCUT2D eigenvalue weighted by Crippen LogP contribution is 2.27. The van der Waals surface area contributed by atoms with E-state index in [-0.39, 0.29) is 12.4 Å². The van der Waals surface area contributed by atoms with Gasteiger partial charge in [0.05, 0.1) is 19.5 Å². The Morgan fingerprint density at radius 3 is 2.47 bits per heavy atom. The minimum Gasteiger partial charge on any atom is -0.496 e. The van der Waals surface area contributed by atoms with E-state index in [1.165, 1.54) is 20.3 Å². The predicted molar refractivity (Wildman–Crippen MR) is 62.1 cm³/mol. The minimum absolute atomic E-state index is 0.0792. The van der Waals surface area contributed by atoms with Crippen molar-refractivity contribution in [2.45, 2.75) is 12.4 Å². The van der Waals surface area contributed by atoms with Gasteiger partial charge < -0.3 is 9.47 Å². The summed E-state index contributed by atoms with van der Waals surface area (Å²) in [7, 11) is 4.20. The number of halogens is 2. The van der Waals surface area contributed by atoms with Crippen molar-refractivity contribution in [1.82, 2.24) is 0 Å². The average Bonchev–Trinajstić information content (AvgIpc) is 2.20. The standard InChI is InChI=1S/C10H12ClFO4S/c1-15-5-7-3-8(12)4-10(16-2)9(7)6-17(11,13)14/h3-4H,5-6H2,1-2H3. The molecular weight excluding hydrogens is 271 g/mol. The highest BCUT2D eigenvalue weighted by molar-refractivity contribution is 8.13. The maximum absolute atomic E-state index is 13.2. The first-order chi connectivity index (χ1) is 7.87. The van der Waals surface area contributed by atoms with Gasteiger partial charge in [-0.1, -0.05) is 0 Å². The minimum atomic E-state index is -3.75. The number of hydrogen-bond acceptors (Lipinski definition) is 4. The molecule has 0 aromatic heterocycles. The molecule has 0 aliphatic carbocycles. The summed E-state index contributed by atoms with van der Waals surface area (Å²) >= 11 is 0. The van der Waals surface area contributed by atoms with Gasteiger partial charge in [-0.15, -0.1) is 0 Å². The molecule has 0 aliphatic heterocycles. The van der Waals surface area contributed by atoms with Gasteiger partial charge in [0, 0.05) is 29.4 Å². The van der Waals surface area contributed by atoms with E-state index < -0.39 is 20.6 Å². The molecule has 0 bridgehead atoms. The number of ether oxygens (including phenoxy) is 2. The second kappa shape index (κ2) is 5.66. The van der Waals surface area contributed by atoms with Gasteiger partial charge in [-0.05, 0) is 11.6 Å². The third-order valence-corrected chi connectivity index (χ3v) is 3.06. The van der Waals surface area contributed by atoms with E-state index in [9.17, 15) is 12.8 Å². The molecule has 0 unspecified atom stereocenters. The smallest absolute Gasteiger partial charge is 0.236 e. The van der Waals surface area contributed by atoms with Crippen molar-refractivity contribution >= 4 is 19.7 Å². The van der Waals surface area contributed by atoms with Crippen molar-refractivity contribution in [2.75, 3.05) is 14.2 Å². The molecule has 0 radical (unpaired) electrons. The van der Waals surface area contributed by atoms with Crippen LogP contribution < -0.4 is 4.74 Å². The van der Waals surface area contributed by atoms with Gasteiger partial charge in [-0.2, -0.15) is 0 Å². The summed E-state index contributed by atoms with van der Waals surface area (Å²) < 4.78 is 45.2. The van der Waals surface area contributed by atoms with Crippen molar-refractivity contribution in [3.8, 4) is 5.75 Å². The highest BCUT2D eigenvalue weighted by atomic mass is 35.7. The van der Waals surface area contributed by atoms with Crippen molar-refractivity contribution in [1.29, 1.82) is 0 Å². The molecule has 1 aromatic carbocycles. The second-order valence-corrected chi connectivity index (χ2v) is 6.14. The van der Waals surface area contributed by atoms with Gasteiger partial charge in [-0.3, -0.25) is 0 Å². The van der Waals surface area contributed by atoms with E-state index >= 15 is 0 Å². The van der Waals surface area contributed by atoms with Gasteiger partial charge in [0.15, 0.2) is 0 Å². The van der Waals surface area contributed by atoms with Crippen LogP contribution in [0, 0.1) is 5.82 Å².